The molecule has 0 atom stereocenters. The number of rotatable bonds is 0. The lowest BCUT2D eigenvalue weighted by Gasteiger charge is -1.92. The molecule has 0 saturated heterocycles. The number of carbonyl (C=O) groups is 1. The number of carbonyl (C=O) groups excluding carboxylic acids is 1. The highest BCUT2D eigenvalue weighted by Gasteiger charge is 2.06. The van der Waals surface area contributed by atoms with E-state index >= 15 is 0 Å². The fourth-order valence-corrected chi connectivity index (χ4v) is 1.22. The lowest BCUT2D eigenvalue weighted by molar-refractivity contribution is 0.256. The zero-order chi connectivity index (χ0) is 8.72. The molecule has 2 amide bonds. The van der Waals surface area contributed by atoms with Crippen molar-refractivity contribution in [2.24, 2.45) is 9.98 Å². The van der Waals surface area contributed by atoms with Gasteiger partial charge in [0.2, 0.25) is 0 Å². The van der Waals surface area contributed by atoms with Gasteiger partial charge in [-0.2, -0.15) is 9.98 Å². The molecular formula is C8H5ClN2O. The van der Waals surface area contributed by atoms with Crippen LogP contribution in [0.25, 0.3) is 0 Å². The van der Waals surface area contributed by atoms with Gasteiger partial charge in [-0.15, -0.1) is 0 Å². The van der Waals surface area contributed by atoms with Crippen LogP contribution in [0.1, 0.15) is 5.56 Å². The summed E-state index contributed by atoms with van der Waals surface area (Å²) < 4.78 is 0. The van der Waals surface area contributed by atoms with E-state index in [1.807, 2.05) is 6.92 Å². The van der Waals surface area contributed by atoms with E-state index < -0.39 is 6.03 Å². The summed E-state index contributed by atoms with van der Waals surface area (Å²) in [6.07, 6.45) is 0. The third-order valence-corrected chi connectivity index (χ3v) is 2.10. The SMILES string of the molecule is Cc1cc2c(cc1Cl)=NC(=O)N=2. The van der Waals surface area contributed by atoms with Gasteiger partial charge in [0.05, 0.1) is 10.7 Å². The Morgan fingerprint density at radius 1 is 1.25 bits per heavy atom. The van der Waals surface area contributed by atoms with Crippen molar-refractivity contribution in [3.63, 3.8) is 0 Å². The van der Waals surface area contributed by atoms with Crippen molar-refractivity contribution in [1.29, 1.82) is 0 Å². The largest absolute Gasteiger partial charge is 0.368 e. The zero-order valence-corrected chi connectivity index (χ0v) is 7.09. The van der Waals surface area contributed by atoms with E-state index in [1.165, 1.54) is 0 Å². The Morgan fingerprint density at radius 2 is 1.83 bits per heavy atom. The second-order valence-electron chi connectivity index (χ2n) is 2.60. The minimum Gasteiger partial charge on any atom is -0.244 e. The quantitative estimate of drug-likeness (QED) is 0.588. The number of fused-ring (bicyclic) bond motifs is 1. The van der Waals surface area contributed by atoms with Crippen LogP contribution in [0.4, 0.5) is 4.79 Å². The Balaban J connectivity index is 2.89. The molecule has 0 spiro atoms. The summed E-state index contributed by atoms with van der Waals surface area (Å²) >= 11 is 5.83. The molecular weight excluding hydrogens is 176 g/mol. The highest BCUT2D eigenvalue weighted by molar-refractivity contribution is 6.31. The van der Waals surface area contributed by atoms with Crippen molar-refractivity contribution in [2.75, 3.05) is 0 Å². The van der Waals surface area contributed by atoms with Crippen LogP contribution >= 0.6 is 11.6 Å². The molecule has 0 unspecified atom stereocenters. The Hall–Kier alpha value is -1.22. The van der Waals surface area contributed by atoms with E-state index in [0.29, 0.717) is 15.7 Å². The van der Waals surface area contributed by atoms with Gasteiger partial charge in [-0.1, -0.05) is 11.6 Å². The van der Waals surface area contributed by atoms with Gasteiger partial charge in [-0.25, -0.2) is 4.79 Å². The predicted molar refractivity (Wildman–Crippen MR) is 43.9 cm³/mol. The maximum atomic E-state index is 10.7. The summed E-state index contributed by atoms with van der Waals surface area (Å²) in [5.41, 5.74) is 0.907. The highest BCUT2D eigenvalue weighted by atomic mass is 35.5. The molecule has 0 aliphatic carbocycles. The van der Waals surface area contributed by atoms with E-state index in [2.05, 4.69) is 9.98 Å². The lowest BCUT2D eigenvalue weighted by atomic mass is 10.2. The highest BCUT2D eigenvalue weighted by Crippen LogP contribution is 2.09. The van der Waals surface area contributed by atoms with E-state index in [4.69, 9.17) is 11.6 Å². The smallest absolute Gasteiger partial charge is 0.244 e. The number of benzene rings is 1. The Bertz CT molecular complexity index is 436. The van der Waals surface area contributed by atoms with Gasteiger partial charge in [0, 0.05) is 5.02 Å². The fraction of sp³-hybridized carbons (Fsp3) is 0.125. The van der Waals surface area contributed by atoms with Gasteiger partial charge in [0.25, 0.3) is 0 Å². The van der Waals surface area contributed by atoms with Crippen LogP contribution in [0.2, 0.25) is 5.02 Å². The molecule has 4 heteroatoms. The topological polar surface area (TPSA) is 41.8 Å². The summed E-state index contributed by atoms with van der Waals surface area (Å²) in [5.74, 6) is 0. The minimum absolute atomic E-state index is 0.452. The molecule has 1 aliphatic rings. The summed E-state index contributed by atoms with van der Waals surface area (Å²) in [4.78, 5) is 18.1. The lowest BCUT2D eigenvalue weighted by Crippen LogP contribution is -2.21. The summed E-state index contributed by atoms with van der Waals surface area (Å²) in [6.45, 7) is 1.86. The molecule has 0 N–H and O–H groups in total. The van der Waals surface area contributed by atoms with Crippen molar-refractivity contribution in [3.05, 3.63) is 33.4 Å². The molecule has 0 saturated carbocycles. The average molecular weight is 181 g/mol. The molecule has 3 nitrogen and oxygen atoms in total. The summed E-state index contributed by atoms with van der Waals surface area (Å²) in [6, 6.07) is 2.96. The monoisotopic (exact) mass is 180 g/mol. The van der Waals surface area contributed by atoms with E-state index in [-0.39, 0.29) is 0 Å². The maximum Gasteiger partial charge on any atom is 0.368 e. The molecule has 60 valence electrons. The Labute approximate surface area is 73.4 Å². The molecule has 0 radical (unpaired) electrons. The molecule has 1 heterocycles. The Kier molecular flexibility index (Phi) is 1.48. The second-order valence-corrected chi connectivity index (χ2v) is 3.00. The van der Waals surface area contributed by atoms with Gasteiger partial charge < -0.3 is 0 Å². The van der Waals surface area contributed by atoms with Gasteiger partial charge in [0.15, 0.2) is 0 Å². The van der Waals surface area contributed by atoms with E-state index in [9.17, 15) is 4.79 Å². The van der Waals surface area contributed by atoms with Crippen molar-refractivity contribution < 1.29 is 4.79 Å². The van der Waals surface area contributed by atoms with E-state index in [0.717, 1.165) is 5.56 Å². The average Bonchev–Trinajstić information content (AvgIpc) is 2.30. The van der Waals surface area contributed by atoms with Crippen molar-refractivity contribution in [3.8, 4) is 0 Å². The number of amides is 2. The number of aryl methyl sites for hydroxylation is 1. The molecule has 0 aromatic heterocycles. The molecule has 1 aromatic carbocycles. The third-order valence-electron chi connectivity index (χ3n) is 1.69. The van der Waals surface area contributed by atoms with Gasteiger partial charge in [0.1, 0.15) is 0 Å². The number of halogens is 1. The summed E-state index contributed by atoms with van der Waals surface area (Å²) in [5, 5.41) is 1.79. The first kappa shape index (κ1) is 7.43. The third kappa shape index (κ3) is 1.02. The van der Waals surface area contributed by atoms with Crippen LogP contribution in [0.5, 0.6) is 0 Å². The van der Waals surface area contributed by atoms with Gasteiger partial charge >= 0.3 is 6.03 Å². The Morgan fingerprint density at radius 3 is 2.50 bits per heavy atom. The van der Waals surface area contributed by atoms with Gasteiger partial charge in [-0.3, -0.25) is 0 Å². The molecule has 0 bridgehead atoms. The first-order valence-corrected chi connectivity index (χ1v) is 3.82. The van der Waals surface area contributed by atoms with E-state index in [1.54, 1.807) is 12.1 Å². The van der Waals surface area contributed by atoms with Crippen LogP contribution in [-0.4, -0.2) is 6.03 Å². The van der Waals surface area contributed by atoms with Gasteiger partial charge in [-0.05, 0) is 24.6 Å². The second kappa shape index (κ2) is 2.38. The van der Waals surface area contributed by atoms with Crippen LogP contribution < -0.4 is 10.7 Å². The normalized spacial score (nSPS) is 13.7. The van der Waals surface area contributed by atoms with Crippen LogP contribution in [-0.2, 0) is 0 Å². The number of urea groups is 1. The molecule has 0 fully saturated rings. The fourth-order valence-electron chi connectivity index (χ4n) is 1.07. The molecule has 12 heavy (non-hydrogen) atoms. The number of hydrogen-bond donors (Lipinski definition) is 0. The first-order chi connectivity index (χ1) is 5.66. The number of hydrogen-bond acceptors (Lipinski definition) is 1. The molecule has 2 rings (SSSR count). The molecule has 1 aliphatic heterocycles. The summed E-state index contributed by atoms with van der Waals surface area (Å²) in [7, 11) is 0. The number of nitrogens with zero attached hydrogens (tertiary/aromatic N) is 2. The van der Waals surface area contributed by atoms with Crippen LogP contribution in [0.15, 0.2) is 22.1 Å². The van der Waals surface area contributed by atoms with Crippen molar-refractivity contribution in [2.45, 2.75) is 6.92 Å². The maximum absolute atomic E-state index is 10.7. The molecule has 1 aromatic rings. The first-order valence-electron chi connectivity index (χ1n) is 3.44. The predicted octanol–water partition coefficient (Wildman–Crippen LogP) is 1.02. The zero-order valence-electron chi connectivity index (χ0n) is 6.34. The van der Waals surface area contributed by atoms with Crippen molar-refractivity contribution in [1.82, 2.24) is 0 Å². The van der Waals surface area contributed by atoms with Crippen LogP contribution in [0.3, 0.4) is 0 Å². The minimum atomic E-state index is -0.452. The van der Waals surface area contributed by atoms with Crippen LogP contribution in [0, 0.1) is 6.92 Å². The standard InChI is InChI=1S/C8H5ClN2O/c1-4-2-6-7(3-5(4)9)11-8(12)10-6/h2-3H,1H3. The van der Waals surface area contributed by atoms with Crippen molar-refractivity contribution >= 4 is 17.6 Å².